The summed E-state index contributed by atoms with van der Waals surface area (Å²) in [5.41, 5.74) is 6.46. The zero-order valence-electron chi connectivity index (χ0n) is 11.1. The van der Waals surface area contributed by atoms with Gasteiger partial charge in [0.15, 0.2) is 0 Å². The van der Waals surface area contributed by atoms with Gasteiger partial charge in [-0.2, -0.15) is 16.7 Å². The predicted molar refractivity (Wildman–Crippen MR) is 78.6 cm³/mol. The second kappa shape index (κ2) is 6.18. The number of rotatable bonds is 4. The van der Waals surface area contributed by atoms with E-state index in [0.717, 1.165) is 24.7 Å². The summed E-state index contributed by atoms with van der Waals surface area (Å²) in [4.78, 5) is 6.85. The van der Waals surface area contributed by atoms with Crippen LogP contribution in [-0.2, 0) is 0 Å². The van der Waals surface area contributed by atoms with E-state index < -0.39 is 0 Å². The molecule has 1 fully saturated rings. The fourth-order valence-electron chi connectivity index (χ4n) is 2.04. The summed E-state index contributed by atoms with van der Waals surface area (Å²) in [6.07, 6.45) is 1.20. The van der Waals surface area contributed by atoms with E-state index in [1.54, 1.807) is 0 Å². The Morgan fingerprint density at radius 3 is 3.06 bits per heavy atom. The van der Waals surface area contributed by atoms with Gasteiger partial charge in [-0.3, -0.25) is 0 Å². The van der Waals surface area contributed by atoms with Crippen LogP contribution < -0.4 is 15.4 Å². The van der Waals surface area contributed by atoms with Crippen LogP contribution in [-0.4, -0.2) is 35.7 Å². The van der Waals surface area contributed by atoms with E-state index in [-0.39, 0.29) is 0 Å². The second-order valence-electron chi connectivity index (χ2n) is 4.34. The monoisotopic (exact) mass is 267 g/mol. The fraction of sp³-hybridized carbons (Fsp3) is 0.615. The molecule has 1 unspecified atom stereocenters. The molecule has 2 rings (SSSR count). The zero-order valence-corrected chi connectivity index (χ0v) is 11.9. The minimum Gasteiger partial charge on any atom is -0.476 e. The van der Waals surface area contributed by atoms with Crippen molar-refractivity contribution in [3.8, 4) is 5.88 Å². The molecule has 0 aliphatic carbocycles. The lowest BCUT2D eigenvalue weighted by molar-refractivity contribution is 0.329. The van der Waals surface area contributed by atoms with Crippen LogP contribution in [0.3, 0.4) is 0 Å². The molecule has 5 heteroatoms. The highest BCUT2D eigenvalue weighted by molar-refractivity contribution is 8.00. The van der Waals surface area contributed by atoms with Gasteiger partial charge in [0.1, 0.15) is 5.82 Å². The first-order valence-electron chi connectivity index (χ1n) is 6.50. The molecule has 0 spiro atoms. The molecule has 100 valence electrons. The van der Waals surface area contributed by atoms with Crippen molar-refractivity contribution < 1.29 is 4.74 Å². The third-order valence-electron chi connectivity index (χ3n) is 3.07. The van der Waals surface area contributed by atoms with Crippen molar-refractivity contribution in [1.82, 2.24) is 4.98 Å². The van der Waals surface area contributed by atoms with Crippen molar-refractivity contribution in [2.45, 2.75) is 25.5 Å². The Kier molecular flexibility index (Phi) is 4.58. The number of thioether (sulfide) groups is 1. The van der Waals surface area contributed by atoms with Crippen LogP contribution in [0.5, 0.6) is 5.88 Å². The Hall–Kier alpha value is -1.10. The largest absolute Gasteiger partial charge is 0.476 e. The molecular formula is C13H21N3OS. The Morgan fingerprint density at radius 1 is 1.50 bits per heavy atom. The Balaban J connectivity index is 2.14. The van der Waals surface area contributed by atoms with Gasteiger partial charge in [0.25, 0.3) is 0 Å². The van der Waals surface area contributed by atoms with Gasteiger partial charge in [-0.25, -0.2) is 0 Å². The summed E-state index contributed by atoms with van der Waals surface area (Å²) >= 11 is 2.05. The summed E-state index contributed by atoms with van der Waals surface area (Å²) < 4.78 is 5.45. The molecule has 2 heterocycles. The zero-order chi connectivity index (χ0) is 13.0. The van der Waals surface area contributed by atoms with Crippen molar-refractivity contribution in [1.29, 1.82) is 0 Å². The van der Waals surface area contributed by atoms with Crippen LogP contribution in [0, 0.1) is 0 Å². The molecule has 1 aliphatic rings. The number of hydrogen-bond acceptors (Lipinski definition) is 5. The minimum absolute atomic E-state index is 0.557. The number of hydrogen-bond donors (Lipinski definition) is 1. The molecule has 1 aliphatic heterocycles. The van der Waals surface area contributed by atoms with Crippen LogP contribution >= 0.6 is 11.8 Å². The van der Waals surface area contributed by atoms with Crippen molar-refractivity contribution in [2.24, 2.45) is 0 Å². The quantitative estimate of drug-likeness (QED) is 0.908. The van der Waals surface area contributed by atoms with Crippen LogP contribution in [0.15, 0.2) is 12.1 Å². The number of anilines is 2. The van der Waals surface area contributed by atoms with E-state index >= 15 is 0 Å². The van der Waals surface area contributed by atoms with Gasteiger partial charge < -0.3 is 15.4 Å². The van der Waals surface area contributed by atoms with Crippen molar-refractivity contribution in [2.75, 3.05) is 36.1 Å². The molecule has 18 heavy (non-hydrogen) atoms. The van der Waals surface area contributed by atoms with E-state index in [2.05, 4.69) is 28.6 Å². The van der Waals surface area contributed by atoms with Gasteiger partial charge in [-0.05, 0) is 25.5 Å². The topological polar surface area (TPSA) is 51.4 Å². The highest BCUT2D eigenvalue weighted by atomic mass is 32.2. The Morgan fingerprint density at radius 2 is 2.33 bits per heavy atom. The first-order valence-corrected chi connectivity index (χ1v) is 7.55. The lowest BCUT2D eigenvalue weighted by atomic mass is 10.3. The lowest BCUT2D eigenvalue weighted by Crippen LogP contribution is -2.38. The number of nitrogen functional groups attached to an aromatic ring is 1. The third-order valence-corrected chi connectivity index (χ3v) is 4.45. The highest BCUT2D eigenvalue weighted by Gasteiger charge is 2.20. The van der Waals surface area contributed by atoms with Crippen molar-refractivity contribution >= 4 is 23.3 Å². The lowest BCUT2D eigenvalue weighted by Gasteiger charge is -2.33. The van der Waals surface area contributed by atoms with Crippen LogP contribution in [0.4, 0.5) is 11.5 Å². The van der Waals surface area contributed by atoms with Gasteiger partial charge in [0, 0.05) is 24.1 Å². The molecule has 2 N–H and O–H groups in total. The molecule has 1 saturated heterocycles. The number of nitrogens with two attached hydrogens (primary N) is 1. The van der Waals surface area contributed by atoms with Gasteiger partial charge >= 0.3 is 0 Å². The van der Waals surface area contributed by atoms with Gasteiger partial charge in [0.05, 0.1) is 12.3 Å². The average Bonchev–Trinajstić information content (AvgIpc) is 2.41. The fourth-order valence-corrected chi connectivity index (χ4v) is 3.22. The first-order chi connectivity index (χ1) is 8.74. The molecule has 0 saturated carbocycles. The third kappa shape index (κ3) is 3.02. The molecule has 0 amide bonds. The minimum atomic E-state index is 0.557. The molecule has 1 aromatic heterocycles. The summed E-state index contributed by atoms with van der Waals surface area (Å²) in [6.45, 7) is 6.88. The molecular weight excluding hydrogens is 246 g/mol. The van der Waals surface area contributed by atoms with E-state index in [9.17, 15) is 0 Å². The predicted octanol–water partition coefficient (Wildman–Crippen LogP) is 2.39. The number of ether oxygens (including phenoxy) is 1. The molecule has 0 radical (unpaired) electrons. The molecule has 1 aromatic rings. The average molecular weight is 267 g/mol. The van der Waals surface area contributed by atoms with Crippen LogP contribution in [0.2, 0.25) is 0 Å². The van der Waals surface area contributed by atoms with Gasteiger partial charge in [0.2, 0.25) is 5.88 Å². The summed E-state index contributed by atoms with van der Waals surface area (Å²) in [5.74, 6) is 2.70. The summed E-state index contributed by atoms with van der Waals surface area (Å²) in [7, 11) is 0. The Labute approximate surface area is 113 Å². The molecule has 1 atom stereocenters. The van der Waals surface area contributed by atoms with E-state index in [1.165, 1.54) is 6.42 Å². The maximum atomic E-state index is 5.85. The van der Waals surface area contributed by atoms with E-state index in [0.29, 0.717) is 23.4 Å². The highest BCUT2D eigenvalue weighted by Crippen LogP contribution is 2.28. The van der Waals surface area contributed by atoms with Crippen LogP contribution in [0.25, 0.3) is 0 Å². The number of pyridine rings is 1. The molecule has 4 nitrogen and oxygen atoms in total. The number of nitrogens with zero attached hydrogens (tertiary/aromatic N) is 2. The summed E-state index contributed by atoms with van der Waals surface area (Å²) in [5, 5.41) is 0.702. The second-order valence-corrected chi connectivity index (χ2v) is 5.75. The van der Waals surface area contributed by atoms with Crippen molar-refractivity contribution in [3.05, 3.63) is 12.1 Å². The smallest absolute Gasteiger partial charge is 0.239 e. The maximum absolute atomic E-state index is 5.85. The van der Waals surface area contributed by atoms with E-state index in [4.69, 9.17) is 10.5 Å². The first kappa shape index (κ1) is 13.3. The normalized spacial score (nSPS) is 19.9. The molecule has 0 aromatic carbocycles. The number of aromatic nitrogens is 1. The van der Waals surface area contributed by atoms with E-state index in [1.807, 2.05) is 19.1 Å². The maximum Gasteiger partial charge on any atom is 0.239 e. The van der Waals surface area contributed by atoms with Gasteiger partial charge in [-0.1, -0.05) is 6.92 Å². The standard InChI is InChI=1S/C13H21N3OS/c1-3-10-9-16(7-8-18-10)12-6-5-11(14)13(15-12)17-4-2/h5-6,10H,3-4,7-9,14H2,1-2H3. The van der Waals surface area contributed by atoms with Gasteiger partial charge in [-0.15, -0.1) is 0 Å². The molecule has 0 bridgehead atoms. The van der Waals surface area contributed by atoms with Crippen LogP contribution in [0.1, 0.15) is 20.3 Å². The Bertz CT molecular complexity index is 400. The summed E-state index contributed by atoms with van der Waals surface area (Å²) in [6, 6.07) is 3.87. The SMILES string of the molecule is CCOc1nc(N2CCSC(CC)C2)ccc1N. The van der Waals surface area contributed by atoms with Crippen molar-refractivity contribution in [3.63, 3.8) is 0 Å².